The Morgan fingerprint density at radius 3 is 2.32 bits per heavy atom. The maximum atomic E-state index is 14.4. The Hall–Kier alpha value is -3.99. The summed E-state index contributed by atoms with van der Waals surface area (Å²) < 4.78 is 72.6. The normalized spacial score (nSPS) is 12.9. The number of pyridine rings is 1. The van der Waals surface area contributed by atoms with E-state index < -0.39 is 57.7 Å². The molecule has 2 aromatic carbocycles. The number of carboxylic acids is 1. The fourth-order valence-corrected chi connectivity index (χ4v) is 3.92. The molecule has 2 N–H and O–H groups in total. The fourth-order valence-electron chi connectivity index (χ4n) is 3.75. The second-order valence-corrected chi connectivity index (χ2v) is 8.66. The van der Waals surface area contributed by atoms with Gasteiger partial charge in [-0.2, -0.15) is 13.2 Å². The summed E-state index contributed by atoms with van der Waals surface area (Å²) in [6, 6.07) is 10.2. The summed E-state index contributed by atoms with van der Waals surface area (Å²) in [6.45, 7) is 0.479. The van der Waals surface area contributed by atoms with Crippen LogP contribution in [-0.4, -0.2) is 26.6 Å². The van der Waals surface area contributed by atoms with Crippen LogP contribution in [0.3, 0.4) is 0 Å². The predicted molar refractivity (Wildman–Crippen MR) is 127 cm³/mol. The van der Waals surface area contributed by atoms with Crippen molar-refractivity contribution in [2.24, 2.45) is 0 Å². The van der Waals surface area contributed by atoms with Crippen LogP contribution in [-0.2, 0) is 5.92 Å². The number of carbonyl (C=O) groups is 1. The van der Waals surface area contributed by atoms with Crippen LogP contribution in [0.5, 0.6) is 0 Å². The first-order valence-electron chi connectivity index (χ1n) is 10.6. The fraction of sp³-hybridized carbons (Fsp3) is 0.160. The smallest absolute Gasteiger partial charge is 0.412 e. The van der Waals surface area contributed by atoms with Gasteiger partial charge in [-0.25, -0.2) is 18.6 Å². The number of hydrogen-bond donors (Lipinski definition) is 2. The number of anilines is 1. The highest BCUT2D eigenvalue weighted by Gasteiger charge is 2.44. The highest BCUT2D eigenvalue weighted by molar-refractivity contribution is 6.31. The van der Waals surface area contributed by atoms with Crippen molar-refractivity contribution in [2.45, 2.75) is 25.1 Å². The number of nitrogens with one attached hydrogen (secondary N) is 1. The standard InChI is InChI=1S/C25H17ClF5N3O3/c1-24(27,28)14-9-17(21(25(29,30)31)32-18-8-7-15(26)10-16(18)23(36)37)22-33-19(11-20(35)34(22)12-14)13-5-3-2-4-6-13/h2-12,21,32H,1H3,(H,36,37). The zero-order valence-electron chi connectivity index (χ0n) is 18.9. The zero-order chi connectivity index (χ0) is 27.1. The SMILES string of the molecule is CC(F)(F)c1cc(C(Nc2ccc(Cl)cc2C(=O)O)C(F)(F)F)c2nc(-c3ccccc3)cc(=O)n2c1. The summed E-state index contributed by atoms with van der Waals surface area (Å²) in [5.74, 6) is -5.17. The van der Waals surface area contributed by atoms with Crippen LogP contribution < -0.4 is 10.9 Å². The Kier molecular flexibility index (Phi) is 6.68. The van der Waals surface area contributed by atoms with Crippen molar-refractivity contribution < 1.29 is 31.9 Å². The van der Waals surface area contributed by atoms with Crippen molar-refractivity contribution in [3.8, 4) is 11.3 Å². The summed E-state index contributed by atoms with van der Waals surface area (Å²) in [5, 5.41) is 11.5. The number of aromatic nitrogens is 2. The summed E-state index contributed by atoms with van der Waals surface area (Å²) in [7, 11) is 0. The van der Waals surface area contributed by atoms with E-state index in [4.69, 9.17) is 11.6 Å². The first-order chi connectivity index (χ1) is 17.3. The van der Waals surface area contributed by atoms with Gasteiger partial charge in [0, 0.05) is 46.6 Å². The number of fused-ring (bicyclic) bond motifs is 1. The number of aromatic carboxylic acids is 1. The lowest BCUT2D eigenvalue weighted by Gasteiger charge is -2.26. The molecule has 192 valence electrons. The second-order valence-electron chi connectivity index (χ2n) is 8.23. The maximum Gasteiger partial charge on any atom is 0.412 e. The first-order valence-corrected chi connectivity index (χ1v) is 11.0. The first kappa shape index (κ1) is 26.1. The Bertz CT molecular complexity index is 1550. The van der Waals surface area contributed by atoms with Gasteiger partial charge in [0.1, 0.15) is 5.65 Å². The van der Waals surface area contributed by atoms with Crippen molar-refractivity contribution in [1.29, 1.82) is 0 Å². The van der Waals surface area contributed by atoms with Gasteiger partial charge in [0.05, 0.1) is 11.3 Å². The van der Waals surface area contributed by atoms with Gasteiger partial charge in [-0.3, -0.25) is 9.20 Å². The molecule has 0 radical (unpaired) electrons. The minimum Gasteiger partial charge on any atom is -0.478 e. The number of carboxylic acid groups (broad SMARTS) is 1. The van der Waals surface area contributed by atoms with E-state index in [0.29, 0.717) is 23.0 Å². The number of benzene rings is 2. The summed E-state index contributed by atoms with van der Waals surface area (Å²) >= 11 is 5.80. The number of rotatable bonds is 6. The van der Waals surface area contributed by atoms with Crippen molar-refractivity contribution in [2.75, 3.05) is 5.32 Å². The molecule has 37 heavy (non-hydrogen) atoms. The Labute approximate surface area is 211 Å². The third kappa shape index (κ3) is 5.41. The number of nitrogens with zero attached hydrogens (tertiary/aromatic N) is 2. The minimum absolute atomic E-state index is 0.0292. The average Bonchev–Trinajstić information content (AvgIpc) is 2.82. The monoisotopic (exact) mass is 537 g/mol. The quantitative estimate of drug-likeness (QED) is 0.273. The number of halogens is 6. The Morgan fingerprint density at radius 1 is 1.05 bits per heavy atom. The molecule has 4 rings (SSSR count). The van der Waals surface area contributed by atoms with Gasteiger partial charge in [0.25, 0.3) is 11.5 Å². The highest BCUT2D eigenvalue weighted by atomic mass is 35.5. The summed E-state index contributed by atoms with van der Waals surface area (Å²) in [6.07, 6.45) is -4.39. The molecule has 4 aromatic rings. The minimum atomic E-state index is -5.13. The van der Waals surface area contributed by atoms with E-state index in [1.165, 1.54) is 6.07 Å². The van der Waals surface area contributed by atoms with Crippen LogP contribution in [0.15, 0.2) is 71.7 Å². The van der Waals surface area contributed by atoms with Crippen LogP contribution in [0.1, 0.15) is 34.5 Å². The van der Waals surface area contributed by atoms with E-state index in [0.717, 1.165) is 24.4 Å². The second kappa shape index (κ2) is 9.47. The van der Waals surface area contributed by atoms with Crippen molar-refractivity contribution in [3.63, 3.8) is 0 Å². The van der Waals surface area contributed by atoms with Crippen LogP contribution >= 0.6 is 11.6 Å². The van der Waals surface area contributed by atoms with Crippen LogP contribution in [0, 0.1) is 0 Å². The largest absolute Gasteiger partial charge is 0.478 e. The van der Waals surface area contributed by atoms with Crippen molar-refractivity contribution in [3.05, 3.63) is 98.9 Å². The predicted octanol–water partition coefficient (Wildman–Crippen LogP) is 6.54. The molecule has 0 aliphatic carbocycles. The lowest BCUT2D eigenvalue weighted by molar-refractivity contribution is -0.143. The molecule has 12 heteroatoms. The van der Waals surface area contributed by atoms with E-state index in [-0.39, 0.29) is 10.7 Å². The molecule has 1 atom stereocenters. The molecule has 0 spiro atoms. The van der Waals surface area contributed by atoms with E-state index in [2.05, 4.69) is 10.3 Å². The Morgan fingerprint density at radius 2 is 1.73 bits per heavy atom. The molecule has 0 saturated heterocycles. The lowest BCUT2D eigenvalue weighted by atomic mass is 10.0. The number of hydrogen-bond acceptors (Lipinski definition) is 4. The maximum absolute atomic E-state index is 14.4. The van der Waals surface area contributed by atoms with E-state index in [1.54, 1.807) is 30.3 Å². The van der Waals surface area contributed by atoms with Crippen LogP contribution in [0.25, 0.3) is 16.9 Å². The van der Waals surface area contributed by atoms with Crippen LogP contribution in [0.2, 0.25) is 5.02 Å². The molecule has 0 saturated carbocycles. The van der Waals surface area contributed by atoms with Gasteiger partial charge < -0.3 is 10.4 Å². The van der Waals surface area contributed by atoms with Gasteiger partial charge in [0.2, 0.25) is 0 Å². The topological polar surface area (TPSA) is 83.7 Å². The van der Waals surface area contributed by atoms with E-state index in [1.807, 2.05) is 0 Å². The molecule has 2 heterocycles. The van der Waals surface area contributed by atoms with Gasteiger partial charge in [0.15, 0.2) is 6.04 Å². The highest BCUT2D eigenvalue weighted by Crippen LogP contribution is 2.40. The third-order valence-electron chi connectivity index (χ3n) is 5.52. The molecule has 2 aromatic heterocycles. The molecule has 0 bridgehead atoms. The van der Waals surface area contributed by atoms with Gasteiger partial charge in [-0.1, -0.05) is 41.9 Å². The average molecular weight is 538 g/mol. The Balaban J connectivity index is 2.03. The summed E-state index contributed by atoms with van der Waals surface area (Å²) in [5.41, 5.74) is -3.66. The number of alkyl halides is 5. The van der Waals surface area contributed by atoms with Gasteiger partial charge in [-0.05, 0) is 24.3 Å². The molecular formula is C25H17ClF5N3O3. The third-order valence-corrected chi connectivity index (χ3v) is 5.75. The summed E-state index contributed by atoms with van der Waals surface area (Å²) in [4.78, 5) is 28.8. The van der Waals surface area contributed by atoms with Crippen LogP contribution in [0.4, 0.5) is 27.6 Å². The van der Waals surface area contributed by atoms with E-state index in [9.17, 15) is 36.6 Å². The van der Waals surface area contributed by atoms with Crippen molar-refractivity contribution in [1.82, 2.24) is 9.38 Å². The zero-order valence-corrected chi connectivity index (χ0v) is 19.6. The van der Waals surface area contributed by atoms with Gasteiger partial charge in [-0.15, -0.1) is 0 Å². The molecule has 0 aliphatic heterocycles. The molecule has 6 nitrogen and oxygen atoms in total. The molecule has 0 amide bonds. The van der Waals surface area contributed by atoms with Crippen molar-refractivity contribution >= 4 is 28.9 Å². The molecule has 0 fully saturated rings. The lowest BCUT2D eigenvalue weighted by Crippen LogP contribution is -2.31. The molecule has 0 aliphatic rings. The molecule has 1 unspecified atom stereocenters. The van der Waals surface area contributed by atoms with E-state index >= 15 is 0 Å². The van der Waals surface area contributed by atoms with Gasteiger partial charge >= 0.3 is 12.1 Å². The molecular weight excluding hydrogens is 521 g/mol.